The second-order valence-corrected chi connectivity index (χ2v) is 8.58. The van der Waals surface area contributed by atoms with Gasteiger partial charge in [-0.3, -0.25) is 9.48 Å². The SMILES string of the molecule is CSc1c(C)nn(C)c1-c1ccc2c(c1)CN([C@H](CN)Cc1cc(F)cc(F)c1)C2=O. The van der Waals surface area contributed by atoms with E-state index in [0.717, 1.165) is 33.5 Å². The van der Waals surface area contributed by atoms with E-state index in [1.165, 1.54) is 12.1 Å². The average molecular weight is 443 g/mol. The van der Waals surface area contributed by atoms with E-state index in [0.29, 0.717) is 17.7 Å². The highest BCUT2D eigenvalue weighted by atomic mass is 32.2. The minimum Gasteiger partial charge on any atom is -0.330 e. The van der Waals surface area contributed by atoms with Gasteiger partial charge in [-0.25, -0.2) is 8.78 Å². The van der Waals surface area contributed by atoms with Crippen LogP contribution in [0.15, 0.2) is 41.3 Å². The van der Waals surface area contributed by atoms with Crippen molar-refractivity contribution in [1.29, 1.82) is 0 Å². The first kappa shape index (κ1) is 21.5. The average Bonchev–Trinajstić information content (AvgIpc) is 3.20. The van der Waals surface area contributed by atoms with Crippen LogP contribution in [0.4, 0.5) is 8.78 Å². The van der Waals surface area contributed by atoms with E-state index >= 15 is 0 Å². The molecule has 1 aromatic heterocycles. The highest BCUT2D eigenvalue weighted by Crippen LogP contribution is 2.35. The number of fused-ring (bicyclic) bond motifs is 1. The Morgan fingerprint density at radius 2 is 1.90 bits per heavy atom. The van der Waals surface area contributed by atoms with E-state index in [4.69, 9.17) is 5.73 Å². The summed E-state index contributed by atoms with van der Waals surface area (Å²) in [7, 11) is 1.91. The van der Waals surface area contributed by atoms with Crippen LogP contribution < -0.4 is 5.73 Å². The molecule has 31 heavy (non-hydrogen) atoms. The molecular formula is C23H24F2N4OS. The Labute approximate surface area is 184 Å². The second kappa shape index (κ2) is 8.43. The predicted octanol–water partition coefficient (Wildman–Crippen LogP) is 3.92. The van der Waals surface area contributed by atoms with Crippen LogP contribution in [0.3, 0.4) is 0 Å². The van der Waals surface area contributed by atoms with Crippen molar-refractivity contribution in [3.8, 4) is 11.3 Å². The predicted molar refractivity (Wildman–Crippen MR) is 118 cm³/mol. The van der Waals surface area contributed by atoms with Gasteiger partial charge in [0.1, 0.15) is 11.6 Å². The van der Waals surface area contributed by atoms with Gasteiger partial charge in [0.15, 0.2) is 0 Å². The lowest BCUT2D eigenvalue weighted by Gasteiger charge is -2.26. The first-order valence-corrected chi connectivity index (χ1v) is 11.2. The van der Waals surface area contributed by atoms with Gasteiger partial charge >= 0.3 is 0 Å². The molecule has 4 rings (SSSR count). The van der Waals surface area contributed by atoms with Gasteiger partial charge in [0.2, 0.25) is 0 Å². The normalized spacial score (nSPS) is 14.3. The van der Waals surface area contributed by atoms with E-state index < -0.39 is 11.6 Å². The number of amides is 1. The molecule has 2 aromatic carbocycles. The summed E-state index contributed by atoms with van der Waals surface area (Å²) in [6.07, 6.45) is 2.31. The third-order valence-corrected chi connectivity index (χ3v) is 6.59. The minimum absolute atomic E-state index is 0.111. The zero-order chi connectivity index (χ0) is 22.3. The number of benzene rings is 2. The van der Waals surface area contributed by atoms with Gasteiger partial charge in [0.25, 0.3) is 5.91 Å². The summed E-state index contributed by atoms with van der Waals surface area (Å²) in [6, 6.07) is 8.86. The van der Waals surface area contributed by atoms with Gasteiger partial charge in [-0.1, -0.05) is 6.07 Å². The Hall–Kier alpha value is -2.71. The number of nitrogens with zero attached hydrogens (tertiary/aromatic N) is 3. The molecule has 0 aliphatic carbocycles. The Kier molecular flexibility index (Phi) is 5.85. The highest BCUT2D eigenvalue weighted by Gasteiger charge is 2.33. The Morgan fingerprint density at radius 1 is 1.19 bits per heavy atom. The van der Waals surface area contributed by atoms with Crippen LogP contribution in [-0.2, 0) is 20.0 Å². The Balaban J connectivity index is 1.63. The van der Waals surface area contributed by atoms with Gasteiger partial charge in [-0.15, -0.1) is 11.8 Å². The number of rotatable bonds is 6. The lowest BCUT2D eigenvalue weighted by atomic mass is 10.0. The molecule has 5 nitrogen and oxygen atoms in total. The molecule has 8 heteroatoms. The first-order valence-electron chi connectivity index (χ1n) is 9.99. The van der Waals surface area contributed by atoms with Crippen LogP contribution in [0.1, 0.15) is 27.2 Å². The van der Waals surface area contributed by atoms with Crippen molar-refractivity contribution in [1.82, 2.24) is 14.7 Å². The smallest absolute Gasteiger partial charge is 0.254 e. The van der Waals surface area contributed by atoms with Gasteiger partial charge in [0.05, 0.1) is 16.3 Å². The number of carbonyl (C=O) groups is 1. The Morgan fingerprint density at radius 3 is 2.55 bits per heavy atom. The summed E-state index contributed by atoms with van der Waals surface area (Å²) < 4.78 is 29.0. The number of aromatic nitrogens is 2. The zero-order valence-electron chi connectivity index (χ0n) is 17.7. The minimum atomic E-state index is -0.637. The van der Waals surface area contributed by atoms with Crippen LogP contribution in [0, 0.1) is 18.6 Å². The molecule has 162 valence electrons. The number of hydrogen-bond acceptors (Lipinski definition) is 4. The molecule has 0 saturated heterocycles. The summed E-state index contributed by atoms with van der Waals surface area (Å²) in [6.45, 7) is 2.59. The molecule has 1 aliphatic rings. The van der Waals surface area contributed by atoms with E-state index in [2.05, 4.69) is 5.10 Å². The maximum Gasteiger partial charge on any atom is 0.254 e. The van der Waals surface area contributed by atoms with E-state index in [1.807, 2.05) is 43.1 Å². The van der Waals surface area contributed by atoms with Crippen molar-refractivity contribution in [3.05, 3.63) is 70.4 Å². The lowest BCUT2D eigenvalue weighted by Crippen LogP contribution is -2.42. The van der Waals surface area contributed by atoms with Crippen molar-refractivity contribution in [2.75, 3.05) is 12.8 Å². The van der Waals surface area contributed by atoms with Crippen LogP contribution in [0.2, 0.25) is 0 Å². The number of thioether (sulfide) groups is 1. The molecule has 0 saturated carbocycles. The molecule has 1 atom stereocenters. The highest BCUT2D eigenvalue weighted by molar-refractivity contribution is 7.98. The largest absolute Gasteiger partial charge is 0.330 e. The molecule has 2 heterocycles. The molecule has 1 aliphatic heterocycles. The summed E-state index contributed by atoms with van der Waals surface area (Å²) in [5, 5.41) is 4.52. The summed E-state index contributed by atoms with van der Waals surface area (Å²) in [4.78, 5) is 15.9. The van der Waals surface area contributed by atoms with Crippen molar-refractivity contribution in [2.45, 2.75) is 30.8 Å². The molecule has 2 N–H and O–H groups in total. The van der Waals surface area contributed by atoms with Gasteiger partial charge in [-0.2, -0.15) is 5.10 Å². The molecule has 3 aromatic rings. The third-order valence-electron chi connectivity index (χ3n) is 5.69. The quantitative estimate of drug-likeness (QED) is 0.588. The fourth-order valence-corrected chi connectivity index (χ4v) is 5.09. The van der Waals surface area contributed by atoms with Crippen LogP contribution in [0.25, 0.3) is 11.3 Å². The Bertz CT molecular complexity index is 1140. The zero-order valence-corrected chi connectivity index (χ0v) is 18.5. The monoisotopic (exact) mass is 442 g/mol. The second-order valence-electron chi connectivity index (χ2n) is 7.77. The van der Waals surface area contributed by atoms with Gasteiger partial charge in [0, 0.05) is 43.4 Å². The van der Waals surface area contributed by atoms with Gasteiger partial charge < -0.3 is 10.6 Å². The van der Waals surface area contributed by atoms with Crippen molar-refractivity contribution < 1.29 is 13.6 Å². The van der Waals surface area contributed by atoms with Crippen LogP contribution in [-0.4, -0.2) is 39.4 Å². The van der Waals surface area contributed by atoms with Crippen LogP contribution >= 0.6 is 11.8 Å². The third kappa shape index (κ3) is 3.97. The maximum absolute atomic E-state index is 13.6. The molecule has 0 radical (unpaired) electrons. The molecular weight excluding hydrogens is 418 g/mol. The van der Waals surface area contributed by atoms with Crippen molar-refractivity contribution in [2.24, 2.45) is 12.8 Å². The van der Waals surface area contributed by atoms with E-state index in [1.54, 1.807) is 16.7 Å². The molecule has 0 spiro atoms. The summed E-state index contributed by atoms with van der Waals surface area (Å²) in [5.41, 5.74) is 11.0. The number of aryl methyl sites for hydroxylation is 2. The lowest BCUT2D eigenvalue weighted by molar-refractivity contribution is 0.0708. The van der Waals surface area contributed by atoms with Crippen molar-refractivity contribution in [3.63, 3.8) is 0 Å². The number of hydrogen-bond donors (Lipinski definition) is 1. The van der Waals surface area contributed by atoms with Crippen LogP contribution in [0.5, 0.6) is 0 Å². The van der Waals surface area contributed by atoms with E-state index in [-0.39, 0.29) is 24.9 Å². The number of nitrogens with two attached hydrogens (primary N) is 1. The summed E-state index contributed by atoms with van der Waals surface area (Å²) in [5.74, 6) is -1.38. The molecule has 0 bridgehead atoms. The fourth-order valence-electron chi connectivity index (χ4n) is 4.31. The molecule has 0 fully saturated rings. The standard InChI is InChI=1S/C23H24F2N4OS/c1-13-22(31-3)21(28(2)27-13)15-4-5-20-16(9-15)12-29(23(20)30)19(11-26)8-14-6-17(24)10-18(25)7-14/h4-7,9-10,19H,8,11-12,26H2,1-3H3/t19-/m0/s1. The molecule has 1 amide bonds. The summed E-state index contributed by atoms with van der Waals surface area (Å²) >= 11 is 1.65. The maximum atomic E-state index is 13.6. The fraction of sp³-hybridized carbons (Fsp3) is 0.304. The van der Waals surface area contributed by atoms with Gasteiger partial charge in [-0.05, 0) is 55.0 Å². The number of carbonyl (C=O) groups excluding carboxylic acids is 1. The molecule has 0 unspecified atom stereocenters. The first-order chi connectivity index (χ1) is 14.8. The van der Waals surface area contributed by atoms with E-state index in [9.17, 15) is 13.6 Å². The topological polar surface area (TPSA) is 64.2 Å². The van der Waals surface area contributed by atoms with Crippen molar-refractivity contribution >= 4 is 17.7 Å². The number of halogens is 2.